The summed E-state index contributed by atoms with van der Waals surface area (Å²) in [6.45, 7) is -0.0315. The maximum absolute atomic E-state index is 12.3. The van der Waals surface area contributed by atoms with Gasteiger partial charge in [-0.05, 0) is 46.8 Å². The van der Waals surface area contributed by atoms with Crippen molar-refractivity contribution < 1.29 is 13.2 Å². The first-order chi connectivity index (χ1) is 11.6. The van der Waals surface area contributed by atoms with Gasteiger partial charge in [-0.2, -0.15) is 4.68 Å². The zero-order chi connectivity index (χ0) is 17.0. The van der Waals surface area contributed by atoms with Crippen molar-refractivity contribution in [3.8, 4) is 11.4 Å². The summed E-state index contributed by atoms with van der Waals surface area (Å²) in [5.74, 6) is 1.08. The van der Waals surface area contributed by atoms with Crippen molar-refractivity contribution in [3.05, 3.63) is 60.4 Å². The number of sulfonamides is 1. The highest BCUT2D eigenvalue weighted by atomic mass is 32.2. The fraction of sp³-hybridized carbons (Fsp3) is 0.133. The van der Waals surface area contributed by atoms with E-state index in [9.17, 15) is 8.42 Å². The van der Waals surface area contributed by atoms with E-state index in [0.29, 0.717) is 17.3 Å². The van der Waals surface area contributed by atoms with Crippen LogP contribution < -0.4 is 9.46 Å². The molecule has 0 saturated carbocycles. The van der Waals surface area contributed by atoms with Crippen molar-refractivity contribution >= 4 is 10.0 Å². The topological polar surface area (TPSA) is 99.0 Å². The van der Waals surface area contributed by atoms with Crippen molar-refractivity contribution in [1.29, 1.82) is 0 Å². The molecule has 3 aromatic rings. The Morgan fingerprint density at radius 1 is 1.08 bits per heavy atom. The first-order valence-electron chi connectivity index (χ1n) is 7.06. The normalized spacial score (nSPS) is 11.4. The number of hydrogen-bond donors (Lipinski definition) is 1. The van der Waals surface area contributed by atoms with Gasteiger partial charge in [-0.25, -0.2) is 13.1 Å². The Morgan fingerprint density at radius 3 is 2.46 bits per heavy atom. The van der Waals surface area contributed by atoms with Crippen molar-refractivity contribution in [1.82, 2.24) is 24.9 Å². The lowest BCUT2D eigenvalue weighted by molar-refractivity contribution is 0.414. The highest BCUT2D eigenvalue weighted by molar-refractivity contribution is 7.89. The maximum Gasteiger partial charge on any atom is 0.240 e. The second-order valence-electron chi connectivity index (χ2n) is 4.84. The van der Waals surface area contributed by atoms with Crippen LogP contribution in [0.15, 0.2) is 59.5 Å². The van der Waals surface area contributed by atoms with E-state index in [-0.39, 0.29) is 11.4 Å². The lowest BCUT2D eigenvalue weighted by atomic mass is 10.3. The molecule has 1 aromatic heterocycles. The quantitative estimate of drug-likeness (QED) is 0.719. The highest BCUT2D eigenvalue weighted by Gasteiger charge is 2.16. The van der Waals surface area contributed by atoms with Crippen molar-refractivity contribution in [2.45, 2.75) is 11.4 Å². The molecule has 0 unspecified atom stereocenters. The smallest absolute Gasteiger partial charge is 0.240 e. The van der Waals surface area contributed by atoms with E-state index in [1.807, 2.05) is 0 Å². The van der Waals surface area contributed by atoms with Gasteiger partial charge in [-0.1, -0.05) is 18.2 Å². The summed E-state index contributed by atoms with van der Waals surface area (Å²) in [6, 6.07) is 15.2. The summed E-state index contributed by atoms with van der Waals surface area (Å²) in [5.41, 5.74) is 0.703. The average molecular weight is 345 g/mol. The molecule has 124 valence electrons. The van der Waals surface area contributed by atoms with Gasteiger partial charge < -0.3 is 4.74 Å². The van der Waals surface area contributed by atoms with Gasteiger partial charge in [0, 0.05) is 0 Å². The van der Waals surface area contributed by atoms with Crippen molar-refractivity contribution in [2.24, 2.45) is 0 Å². The Kier molecular flexibility index (Phi) is 4.54. The molecule has 2 aromatic carbocycles. The molecule has 0 spiro atoms. The fourth-order valence-electron chi connectivity index (χ4n) is 2.08. The molecule has 0 aliphatic heterocycles. The minimum atomic E-state index is -3.62. The highest BCUT2D eigenvalue weighted by Crippen LogP contribution is 2.15. The Labute approximate surface area is 139 Å². The van der Waals surface area contributed by atoms with E-state index >= 15 is 0 Å². The molecule has 0 aliphatic carbocycles. The van der Waals surface area contributed by atoms with Crippen LogP contribution in [-0.2, 0) is 16.6 Å². The summed E-state index contributed by atoms with van der Waals surface area (Å²) < 4.78 is 33.6. The summed E-state index contributed by atoms with van der Waals surface area (Å²) in [7, 11) is -2.05. The van der Waals surface area contributed by atoms with Crippen LogP contribution >= 0.6 is 0 Å². The van der Waals surface area contributed by atoms with Crippen LogP contribution in [0.2, 0.25) is 0 Å². The van der Waals surface area contributed by atoms with Crippen LogP contribution in [0.25, 0.3) is 5.69 Å². The molecular formula is C15H15N5O3S. The molecule has 9 heteroatoms. The van der Waals surface area contributed by atoms with Gasteiger partial charge in [0.2, 0.25) is 10.0 Å². The van der Waals surface area contributed by atoms with Crippen LogP contribution in [0.3, 0.4) is 0 Å². The van der Waals surface area contributed by atoms with Crippen molar-refractivity contribution in [3.63, 3.8) is 0 Å². The van der Waals surface area contributed by atoms with E-state index in [1.165, 1.54) is 16.8 Å². The molecule has 0 radical (unpaired) electrons. The van der Waals surface area contributed by atoms with Gasteiger partial charge in [-0.3, -0.25) is 0 Å². The minimum Gasteiger partial charge on any atom is -0.497 e. The minimum absolute atomic E-state index is 0.0315. The number of methoxy groups -OCH3 is 1. The average Bonchev–Trinajstić information content (AvgIpc) is 3.09. The Balaban J connectivity index is 1.78. The lowest BCUT2D eigenvalue weighted by Crippen LogP contribution is -2.25. The van der Waals surface area contributed by atoms with Gasteiger partial charge in [0.15, 0.2) is 5.82 Å². The second kappa shape index (κ2) is 6.77. The molecule has 0 amide bonds. The zero-order valence-corrected chi connectivity index (χ0v) is 13.6. The summed E-state index contributed by atoms with van der Waals surface area (Å²) >= 11 is 0. The van der Waals surface area contributed by atoms with Crippen LogP contribution in [0.4, 0.5) is 0 Å². The molecule has 3 rings (SSSR count). The molecule has 1 N–H and O–H groups in total. The number of nitrogens with zero attached hydrogens (tertiary/aromatic N) is 4. The zero-order valence-electron chi connectivity index (χ0n) is 12.8. The summed E-state index contributed by atoms with van der Waals surface area (Å²) in [5, 5.41) is 11.4. The van der Waals surface area contributed by atoms with E-state index in [4.69, 9.17) is 4.74 Å². The van der Waals surface area contributed by atoms with Crippen LogP contribution in [0, 0.1) is 0 Å². The van der Waals surface area contributed by atoms with Crippen LogP contribution in [0.1, 0.15) is 5.82 Å². The first-order valence-corrected chi connectivity index (χ1v) is 8.55. The second-order valence-corrected chi connectivity index (χ2v) is 6.61. The Morgan fingerprint density at radius 2 is 1.79 bits per heavy atom. The Hall–Kier alpha value is -2.78. The number of tetrazole rings is 1. The first kappa shape index (κ1) is 16.1. The molecule has 1 heterocycles. The van der Waals surface area contributed by atoms with Gasteiger partial charge in [0.1, 0.15) is 5.75 Å². The molecular weight excluding hydrogens is 330 g/mol. The number of nitrogens with one attached hydrogen (secondary N) is 1. The van der Waals surface area contributed by atoms with E-state index in [1.54, 1.807) is 49.6 Å². The van der Waals surface area contributed by atoms with E-state index < -0.39 is 10.0 Å². The molecule has 0 fully saturated rings. The van der Waals surface area contributed by atoms with Crippen molar-refractivity contribution in [2.75, 3.05) is 7.11 Å². The third-order valence-electron chi connectivity index (χ3n) is 3.32. The molecule has 0 aliphatic rings. The molecule has 0 bridgehead atoms. The van der Waals surface area contributed by atoms with Crippen LogP contribution in [-0.4, -0.2) is 35.7 Å². The summed E-state index contributed by atoms with van der Waals surface area (Å²) in [6.07, 6.45) is 0. The summed E-state index contributed by atoms with van der Waals surface area (Å²) in [4.78, 5) is 0.188. The third-order valence-corrected chi connectivity index (χ3v) is 4.74. The largest absolute Gasteiger partial charge is 0.497 e. The monoisotopic (exact) mass is 345 g/mol. The fourth-order valence-corrected chi connectivity index (χ4v) is 3.08. The predicted octanol–water partition coefficient (Wildman–Crippen LogP) is 1.15. The maximum atomic E-state index is 12.3. The number of rotatable bonds is 6. The van der Waals surface area contributed by atoms with Gasteiger partial charge >= 0.3 is 0 Å². The van der Waals surface area contributed by atoms with Crippen LogP contribution in [0.5, 0.6) is 5.75 Å². The van der Waals surface area contributed by atoms with E-state index in [2.05, 4.69) is 20.2 Å². The Bertz CT molecular complexity index is 908. The standard InChI is InChI=1S/C15H15N5O3S/c1-23-13-9-7-12(8-10-13)20-15(17-18-19-20)11-16-24(21,22)14-5-3-2-4-6-14/h2-10,16H,11H2,1H3. The van der Waals surface area contributed by atoms with E-state index in [0.717, 1.165) is 0 Å². The van der Waals surface area contributed by atoms with Gasteiger partial charge in [-0.15, -0.1) is 5.10 Å². The van der Waals surface area contributed by atoms with Gasteiger partial charge in [0.25, 0.3) is 0 Å². The van der Waals surface area contributed by atoms with Gasteiger partial charge in [0.05, 0.1) is 24.2 Å². The molecule has 0 saturated heterocycles. The number of aromatic nitrogens is 4. The number of hydrogen-bond acceptors (Lipinski definition) is 6. The molecule has 0 atom stereocenters. The molecule has 8 nitrogen and oxygen atoms in total. The number of benzene rings is 2. The third kappa shape index (κ3) is 3.42. The SMILES string of the molecule is COc1ccc(-n2nnnc2CNS(=O)(=O)c2ccccc2)cc1. The number of ether oxygens (including phenoxy) is 1. The molecule has 24 heavy (non-hydrogen) atoms. The predicted molar refractivity (Wildman–Crippen MR) is 86.2 cm³/mol. The lowest BCUT2D eigenvalue weighted by Gasteiger charge is -2.08.